The third-order valence-electron chi connectivity index (χ3n) is 4.67. The van der Waals surface area contributed by atoms with Gasteiger partial charge in [0.2, 0.25) is 0 Å². The number of aromatic amines is 1. The molecule has 0 fully saturated rings. The molecule has 0 aliphatic carbocycles. The highest BCUT2D eigenvalue weighted by Crippen LogP contribution is 2.48. The van der Waals surface area contributed by atoms with Gasteiger partial charge in [0.1, 0.15) is 11.5 Å². The predicted octanol–water partition coefficient (Wildman–Crippen LogP) is 6.22. The van der Waals surface area contributed by atoms with Crippen molar-refractivity contribution in [2.24, 2.45) is 0 Å². The first kappa shape index (κ1) is 13.9. The van der Waals surface area contributed by atoms with Crippen molar-refractivity contribution in [3.05, 3.63) is 94.1 Å². The Morgan fingerprint density at radius 1 is 0.792 bits per heavy atom. The molecule has 1 aromatic heterocycles. The SMILES string of the molecule is Brc1ccc2[nH]cc(C3c4ccccc4Oc4ccccc43)c2c1. The molecule has 0 spiro atoms. The maximum absolute atomic E-state index is 6.12. The van der Waals surface area contributed by atoms with Crippen LogP contribution in [0.15, 0.2) is 77.4 Å². The summed E-state index contributed by atoms with van der Waals surface area (Å²) in [4.78, 5) is 3.41. The molecule has 1 N–H and O–H groups in total. The monoisotopic (exact) mass is 375 g/mol. The largest absolute Gasteiger partial charge is 0.457 e. The van der Waals surface area contributed by atoms with Gasteiger partial charge in [0, 0.05) is 38.6 Å². The molecule has 1 aliphatic rings. The fourth-order valence-corrected chi connectivity index (χ4v) is 3.96. The molecule has 5 rings (SSSR count). The fourth-order valence-electron chi connectivity index (χ4n) is 3.60. The Kier molecular flexibility index (Phi) is 3.03. The van der Waals surface area contributed by atoms with Crippen molar-refractivity contribution in [2.45, 2.75) is 5.92 Å². The lowest BCUT2D eigenvalue weighted by atomic mass is 9.82. The maximum atomic E-state index is 6.12. The number of H-pyrrole nitrogens is 1. The Bertz CT molecular complexity index is 1020. The molecule has 0 amide bonds. The second-order valence-corrected chi connectivity index (χ2v) is 6.96. The molecule has 0 radical (unpaired) electrons. The number of hydrogen-bond acceptors (Lipinski definition) is 1. The lowest BCUT2D eigenvalue weighted by Crippen LogP contribution is -2.11. The standard InChI is InChI=1S/C21H14BrNO/c22-13-9-10-18-16(11-13)17(12-23-18)21-14-5-1-3-7-19(14)24-20-8-4-2-6-15(20)21/h1-12,21,23H. The summed E-state index contributed by atoms with van der Waals surface area (Å²) >= 11 is 3.60. The van der Waals surface area contributed by atoms with E-state index in [9.17, 15) is 0 Å². The van der Waals surface area contributed by atoms with Crippen LogP contribution in [-0.4, -0.2) is 4.98 Å². The van der Waals surface area contributed by atoms with E-state index in [-0.39, 0.29) is 5.92 Å². The first-order valence-corrected chi connectivity index (χ1v) is 8.73. The minimum Gasteiger partial charge on any atom is -0.457 e. The third kappa shape index (κ3) is 2.01. The molecule has 2 nitrogen and oxygen atoms in total. The van der Waals surface area contributed by atoms with Crippen LogP contribution >= 0.6 is 15.9 Å². The number of nitrogens with one attached hydrogen (secondary N) is 1. The zero-order chi connectivity index (χ0) is 16.1. The fraction of sp³-hybridized carbons (Fsp3) is 0.0476. The highest BCUT2D eigenvalue weighted by atomic mass is 79.9. The van der Waals surface area contributed by atoms with Crippen LogP contribution < -0.4 is 4.74 Å². The molecule has 116 valence electrons. The van der Waals surface area contributed by atoms with Crippen LogP contribution in [0, 0.1) is 0 Å². The molecule has 3 aromatic carbocycles. The number of ether oxygens (including phenoxy) is 1. The number of halogens is 1. The summed E-state index contributed by atoms with van der Waals surface area (Å²) in [6.07, 6.45) is 2.13. The van der Waals surface area contributed by atoms with E-state index in [4.69, 9.17) is 4.74 Å². The van der Waals surface area contributed by atoms with Crippen molar-refractivity contribution < 1.29 is 4.74 Å². The summed E-state index contributed by atoms with van der Waals surface area (Å²) in [5.41, 5.74) is 4.83. The van der Waals surface area contributed by atoms with Gasteiger partial charge in [-0.3, -0.25) is 0 Å². The quantitative estimate of drug-likeness (QED) is 0.369. The number of hydrogen-bond donors (Lipinski definition) is 1. The van der Waals surface area contributed by atoms with Gasteiger partial charge < -0.3 is 9.72 Å². The van der Waals surface area contributed by atoms with Gasteiger partial charge in [-0.05, 0) is 35.9 Å². The van der Waals surface area contributed by atoms with E-state index in [2.05, 4.69) is 69.6 Å². The summed E-state index contributed by atoms with van der Waals surface area (Å²) in [5, 5.41) is 1.24. The average Bonchev–Trinajstić information content (AvgIpc) is 3.02. The first-order valence-electron chi connectivity index (χ1n) is 7.93. The summed E-state index contributed by atoms with van der Waals surface area (Å²) in [7, 11) is 0. The second-order valence-electron chi connectivity index (χ2n) is 6.04. The zero-order valence-corrected chi connectivity index (χ0v) is 14.4. The van der Waals surface area contributed by atoms with Crippen LogP contribution in [0.3, 0.4) is 0 Å². The zero-order valence-electron chi connectivity index (χ0n) is 12.8. The molecule has 0 atom stereocenters. The topological polar surface area (TPSA) is 25.0 Å². The van der Waals surface area contributed by atoms with Gasteiger partial charge in [-0.1, -0.05) is 52.3 Å². The van der Waals surface area contributed by atoms with Crippen LogP contribution in [0.4, 0.5) is 0 Å². The smallest absolute Gasteiger partial charge is 0.131 e. The van der Waals surface area contributed by atoms with Gasteiger partial charge >= 0.3 is 0 Å². The highest BCUT2D eigenvalue weighted by Gasteiger charge is 2.29. The molecule has 4 aromatic rings. The Labute approximate surface area is 148 Å². The Morgan fingerprint density at radius 3 is 2.17 bits per heavy atom. The van der Waals surface area contributed by atoms with Crippen molar-refractivity contribution in [2.75, 3.05) is 0 Å². The van der Waals surface area contributed by atoms with E-state index in [1.54, 1.807) is 0 Å². The molecule has 24 heavy (non-hydrogen) atoms. The molecule has 3 heteroatoms. The number of rotatable bonds is 1. The first-order chi connectivity index (χ1) is 11.8. The highest BCUT2D eigenvalue weighted by molar-refractivity contribution is 9.10. The number of aromatic nitrogens is 1. The van der Waals surface area contributed by atoms with E-state index >= 15 is 0 Å². The van der Waals surface area contributed by atoms with Crippen LogP contribution in [0.5, 0.6) is 11.5 Å². The minimum absolute atomic E-state index is 0.161. The van der Waals surface area contributed by atoms with Gasteiger partial charge in [0.05, 0.1) is 0 Å². The minimum atomic E-state index is 0.161. The van der Waals surface area contributed by atoms with Crippen LogP contribution in [0.2, 0.25) is 0 Å². The molecule has 0 saturated heterocycles. The number of fused-ring (bicyclic) bond motifs is 3. The van der Waals surface area contributed by atoms with E-state index in [1.807, 2.05) is 24.3 Å². The van der Waals surface area contributed by atoms with E-state index in [0.29, 0.717) is 0 Å². The predicted molar refractivity (Wildman–Crippen MR) is 99.9 cm³/mol. The van der Waals surface area contributed by atoms with Gasteiger partial charge in [-0.2, -0.15) is 0 Å². The van der Waals surface area contributed by atoms with Gasteiger partial charge in [0.15, 0.2) is 0 Å². The van der Waals surface area contributed by atoms with Gasteiger partial charge in [-0.15, -0.1) is 0 Å². The summed E-state index contributed by atoms with van der Waals surface area (Å²) < 4.78 is 7.21. The molecule has 1 aliphatic heterocycles. The number of para-hydroxylation sites is 2. The summed E-state index contributed by atoms with van der Waals surface area (Å²) in [5.74, 6) is 2.03. The van der Waals surface area contributed by atoms with Crippen LogP contribution in [0.1, 0.15) is 22.6 Å². The van der Waals surface area contributed by atoms with E-state index in [0.717, 1.165) is 21.5 Å². The van der Waals surface area contributed by atoms with Crippen LogP contribution in [0.25, 0.3) is 10.9 Å². The Balaban J connectivity index is 1.82. The summed E-state index contributed by atoms with van der Waals surface area (Å²) in [6.45, 7) is 0. The van der Waals surface area contributed by atoms with Crippen LogP contribution in [-0.2, 0) is 0 Å². The van der Waals surface area contributed by atoms with Gasteiger partial charge in [-0.25, -0.2) is 0 Å². The lowest BCUT2D eigenvalue weighted by Gasteiger charge is -2.28. The van der Waals surface area contributed by atoms with E-state index < -0.39 is 0 Å². The normalized spacial score (nSPS) is 13.4. The Morgan fingerprint density at radius 2 is 1.46 bits per heavy atom. The number of benzene rings is 3. The van der Waals surface area contributed by atoms with Crippen molar-refractivity contribution in [1.29, 1.82) is 0 Å². The van der Waals surface area contributed by atoms with Crippen molar-refractivity contribution >= 4 is 26.8 Å². The molecule has 2 heterocycles. The van der Waals surface area contributed by atoms with Crippen molar-refractivity contribution in [3.63, 3.8) is 0 Å². The van der Waals surface area contributed by atoms with Crippen molar-refractivity contribution in [3.8, 4) is 11.5 Å². The second kappa shape index (κ2) is 5.25. The molecular weight excluding hydrogens is 362 g/mol. The van der Waals surface area contributed by atoms with Crippen molar-refractivity contribution in [1.82, 2.24) is 4.98 Å². The van der Waals surface area contributed by atoms with E-state index in [1.165, 1.54) is 22.1 Å². The maximum Gasteiger partial charge on any atom is 0.131 e. The Hall–Kier alpha value is -2.52. The molecule has 0 bridgehead atoms. The molecule has 0 saturated carbocycles. The molecular formula is C21H14BrNO. The lowest BCUT2D eigenvalue weighted by molar-refractivity contribution is 0.453. The molecule has 0 unspecified atom stereocenters. The average molecular weight is 376 g/mol. The third-order valence-corrected chi connectivity index (χ3v) is 5.16. The van der Waals surface area contributed by atoms with Gasteiger partial charge in [0.25, 0.3) is 0 Å². The summed E-state index contributed by atoms with van der Waals surface area (Å²) in [6, 6.07) is 23.0.